The first-order chi connectivity index (χ1) is 13.4. The maximum absolute atomic E-state index is 13.5. The van der Waals surface area contributed by atoms with Crippen molar-refractivity contribution in [3.8, 4) is 0 Å². The Balaban J connectivity index is 1.55. The number of nitrogens with two attached hydrogens (primary N) is 1. The number of imide groups is 1. The molecule has 1 saturated carbocycles. The minimum absolute atomic E-state index is 0.00167. The molecule has 8 nitrogen and oxygen atoms in total. The minimum atomic E-state index is -0.720. The highest BCUT2D eigenvalue weighted by atomic mass is 16.2. The molecule has 2 N–H and O–H groups in total. The Kier molecular flexibility index (Phi) is 4.89. The zero-order valence-electron chi connectivity index (χ0n) is 16.8. The van der Waals surface area contributed by atoms with Crippen molar-refractivity contribution in [1.29, 1.82) is 0 Å². The van der Waals surface area contributed by atoms with Crippen molar-refractivity contribution in [2.75, 3.05) is 36.8 Å². The van der Waals surface area contributed by atoms with Gasteiger partial charge in [-0.3, -0.25) is 9.69 Å². The fourth-order valence-electron chi connectivity index (χ4n) is 4.57. The molecule has 1 aromatic rings. The summed E-state index contributed by atoms with van der Waals surface area (Å²) >= 11 is 0. The Morgan fingerprint density at radius 3 is 2.54 bits per heavy atom. The van der Waals surface area contributed by atoms with Crippen LogP contribution in [-0.2, 0) is 4.79 Å². The lowest BCUT2D eigenvalue weighted by Crippen LogP contribution is -2.57. The summed E-state index contributed by atoms with van der Waals surface area (Å²) < 4.78 is 0. The number of nitrogens with zero attached hydrogens (tertiary/aromatic N) is 5. The minimum Gasteiger partial charge on any atom is -0.384 e. The Labute approximate surface area is 166 Å². The average molecular weight is 387 g/mol. The largest absolute Gasteiger partial charge is 0.384 e. The topological polar surface area (TPSA) is 95.7 Å². The quantitative estimate of drug-likeness (QED) is 0.779. The number of rotatable bonds is 5. The van der Waals surface area contributed by atoms with Crippen LogP contribution in [0.15, 0.2) is 12.3 Å². The van der Waals surface area contributed by atoms with Crippen molar-refractivity contribution in [1.82, 2.24) is 19.8 Å². The van der Waals surface area contributed by atoms with Gasteiger partial charge in [-0.05, 0) is 43.6 Å². The number of nitrogen functional groups attached to an aromatic ring is 1. The normalized spacial score (nSPS) is 22.5. The summed E-state index contributed by atoms with van der Waals surface area (Å²) in [4.78, 5) is 40.7. The van der Waals surface area contributed by atoms with Crippen molar-refractivity contribution < 1.29 is 9.59 Å². The summed E-state index contributed by atoms with van der Waals surface area (Å²) in [5.74, 6) is 1.81. The molecule has 3 fully saturated rings. The van der Waals surface area contributed by atoms with Crippen molar-refractivity contribution in [2.45, 2.75) is 51.5 Å². The van der Waals surface area contributed by atoms with Gasteiger partial charge < -0.3 is 15.5 Å². The summed E-state index contributed by atoms with van der Waals surface area (Å²) in [5.41, 5.74) is 5.07. The van der Waals surface area contributed by atoms with E-state index in [1.807, 2.05) is 4.90 Å². The third-order valence-corrected chi connectivity index (χ3v) is 6.37. The number of carbonyl (C=O) groups excluding carboxylic acids is 2. The van der Waals surface area contributed by atoms with Crippen LogP contribution in [0.1, 0.15) is 46.0 Å². The molecule has 3 aliphatic rings. The molecular formula is C20H30N6O2. The molecule has 2 saturated heterocycles. The van der Waals surface area contributed by atoms with Crippen molar-refractivity contribution in [2.24, 2.45) is 11.8 Å². The van der Waals surface area contributed by atoms with Gasteiger partial charge in [-0.15, -0.1) is 0 Å². The molecule has 0 bridgehead atoms. The molecule has 0 radical (unpaired) electrons. The van der Waals surface area contributed by atoms with E-state index in [-0.39, 0.29) is 11.9 Å². The van der Waals surface area contributed by atoms with Gasteiger partial charge in [-0.1, -0.05) is 20.3 Å². The molecule has 1 aromatic heterocycles. The van der Waals surface area contributed by atoms with E-state index >= 15 is 0 Å². The first kappa shape index (κ1) is 19.0. The molecule has 0 atom stereocenters. The van der Waals surface area contributed by atoms with Crippen LogP contribution < -0.4 is 10.6 Å². The summed E-state index contributed by atoms with van der Waals surface area (Å²) in [6.45, 7) is 6.64. The molecule has 28 heavy (non-hydrogen) atoms. The maximum Gasteiger partial charge on any atom is 0.327 e. The van der Waals surface area contributed by atoms with E-state index in [2.05, 4.69) is 28.7 Å². The highest BCUT2D eigenvalue weighted by Crippen LogP contribution is 2.40. The van der Waals surface area contributed by atoms with Gasteiger partial charge in [0, 0.05) is 32.4 Å². The SMILES string of the molecule is CC(C)CN1C(=O)N(CC2CCC2)C(=O)C12CCN(c1nccc(N)n1)CC2. The molecule has 0 aromatic carbocycles. The average Bonchev–Trinajstić information content (AvgIpc) is 2.80. The number of amides is 3. The second-order valence-electron chi connectivity index (χ2n) is 8.80. The van der Waals surface area contributed by atoms with Gasteiger partial charge in [0.15, 0.2) is 0 Å². The molecule has 1 aliphatic carbocycles. The van der Waals surface area contributed by atoms with Crippen LogP contribution in [-0.4, -0.2) is 63.4 Å². The fraction of sp³-hybridized carbons (Fsp3) is 0.700. The van der Waals surface area contributed by atoms with Gasteiger partial charge in [0.2, 0.25) is 5.95 Å². The van der Waals surface area contributed by atoms with Crippen LogP contribution in [0.2, 0.25) is 0 Å². The lowest BCUT2D eigenvalue weighted by molar-refractivity contribution is -0.135. The van der Waals surface area contributed by atoms with E-state index in [9.17, 15) is 9.59 Å². The highest BCUT2D eigenvalue weighted by Gasteiger charge is 2.58. The number of hydrogen-bond donors (Lipinski definition) is 1. The third kappa shape index (κ3) is 3.18. The summed E-state index contributed by atoms with van der Waals surface area (Å²) in [7, 11) is 0. The Morgan fingerprint density at radius 2 is 1.96 bits per heavy atom. The second-order valence-corrected chi connectivity index (χ2v) is 8.80. The van der Waals surface area contributed by atoms with E-state index < -0.39 is 5.54 Å². The third-order valence-electron chi connectivity index (χ3n) is 6.37. The molecule has 8 heteroatoms. The number of urea groups is 1. The Morgan fingerprint density at radius 1 is 1.25 bits per heavy atom. The molecule has 0 unspecified atom stereocenters. The van der Waals surface area contributed by atoms with Crippen LogP contribution in [0.4, 0.5) is 16.6 Å². The van der Waals surface area contributed by atoms with Crippen LogP contribution in [0.5, 0.6) is 0 Å². The zero-order chi connectivity index (χ0) is 19.9. The van der Waals surface area contributed by atoms with E-state index in [4.69, 9.17) is 5.73 Å². The molecule has 1 spiro atoms. The highest BCUT2D eigenvalue weighted by molar-refractivity contribution is 6.07. The van der Waals surface area contributed by atoms with Crippen molar-refractivity contribution >= 4 is 23.7 Å². The van der Waals surface area contributed by atoms with Crippen LogP contribution >= 0.6 is 0 Å². The van der Waals surface area contributed by atoms with E-state index in [0.717, 1.165) is 12.8 Å². The smallest absolute Gasteiger partial charge is 0.327 e. The first-order valence-corrected chi connectivity index (χ1v) is 10.4. The predicted molar refractivity (Wildman–Crippen MR) is 107 cm³/mol. The molecule has 152 valence electrons. The number of carbonyl (C=O) groups is 2. The number of hydrogen-bond acceptors (Lipinski definition) is 6. The summed E-state index contributed by atoms with van der Waals surface area (Å²) in [5, 5.41) is 0. The lowest BCUT2D eigenvalue weighted by Gasteiger charge is -2.42. The molecule has 3 amide bonds. The molecule has 4 rings (SSSR count). The van der Waals surface area contributed by atoms with Gasteiger partial charge in [0.05, 0.1) is 0 Å². The molecule has 2 aliphatic heterocycles. The molecular weight excluding hydrogens is 356 g/mol. The number of aromatic nitrogens is 2. The monoisotopic (exact) mass is 386 g/mol. The predicted octanol–water partition coefficient (Wildman–Crippen LogP) is 2.12. The van der Waals surface area contributed by atoms with E-state index in [1.54, 1.807) is 17.2 Å². The van der Waals surface area contributed by atoms with Gasteiger partial charge >= 0.3 is 6.03 Å². The van der Waals surface area contributed by atoms with Crippen molar-refractivity contribution in [3.05, 3.63) is 12.3 Å². The van der Waals surface area contributed by atoms with Gasteiger partial charge in [0.1, 0.15) is 11.4 Å². The van der Waals surface area contributed by atoms with Gasteiger partial charge in [0.25, 0.3) is 5.91 Å². The standard InChI is InChI=1S/C20H30N6O2/c1-14(2)12-26-19(28)25(13-15-4-3-5-15)17(27)20(26)7-10-24(11-8-20)18-22-9-6-16(21)23-18/h6,9,14-15H,3-5,7-8,10-13H2,1-2H3,(H2,21,22,23). The zero-order valence-corrected chi connectivity index (χ0v) is 16.8. The van der Waals surface area contributed by atoms with Gasteiger partial charge in [-0.25, -0.2) is 9.78 Å². The van der Waals surface area contributed by atoms with Crippen molar-refractivity contribution in [3.63, 3.8) is 0 Å². The lowest BCUT2D eigenvalue weighted by atomic mass is 9.83. The van der Waals surface area contributed by atoms with E-state index in [1.165, 1.54) is 6.42 Å². The maximum atomic E-state index is 13.5. The fourth-order valence-corrected chi connectivity index (χ4v) is 4.57. The van der Waals surface area contributed by atoms with Gasteiger partial charge in [-0.2, -0.15) is 4.98 Å². The summed E-state index contributed by atoms with van der Waals surface area (Å²) in [6, 6.07) is 1.57. The first-order valence-electron chi connectivity index (χ1n) is 10.4. The Bertz CT molecular complexity index is 755. The summed E-state index contributed by atoms with van der Waals surface area (Å²) in [6.07, 6.45) is 6.30. The van der Waals surface area contributed by atoms with Crippen LogP contribution in [0.3, 0.4) is 0 Å². The second kappa shape index (κ2) is 7.22. The number of piperidine rings is 1. The van der Waals surface area contributed by atoms with E-state index in [0.29, 0.717) is 62.6 Å². The van der Waals surface area contributed by atoms with Crippen LogP contribution in [0, 0.1) is 11.8 Å². The van der Waals surface area contributed by atoms with Crippen LogP contribution in [0.25, 0.3) is 0 Å². The molecule has 3 heterocycles. The Hall–Kier alpha value is -2.38. The number of anilines is 2.